The van der Waals surface area contributed by atoms with Gasteiger partial charge in [0.05, 0.1) is 23.7 Å². The molecule has 1 aromatic carbocycles. The van der Waals surface area contributed by atoms with Crippen molar-refractivity contribution >= 4 is 17.7 Å². The number of benzene rings is 1. The second-order valence-electron chi connectivity index (χ2n) is 4.94. The van der Waals surface area contributed by atoms with E-state index in [0.717, 1.165) is 18.7 Å². The van der Waals surface area contributed by atoms with Crippen molar-refractivity contribution in [2.45, 2.75) is 31.6 Å². The van der Waals surface area contributed by atoms with E-state index in [2.05, 4.69) is 18.3 Å². The molecule has 0 saturated carbocycles. The van der Waals surface area contributed by atoms with Gasteiger partial charge in [0.25, 0.3) is 0 Å². The van der Waals surface area contributed by atoms with Gasteiger partial charge in [-0.25, -0.2) is 0 Å². The molecule has 0 aliphatic carbocycles. The summed E-state index contributed by atoms with van der Waals surface area (Å²) in [5.41, 5.74) is 1.18. The Labute approximate surface area is 130 Å². The molecule has 2 rings (SSSR count). The van der Waals surface area contributed by atoms with Crippen LogP contribution in [0.25, 0.3) is 0 Å². The molecule has 0 fully saturated rings. The quantitative estimate of drug-likeness (QED) is 0.785. The second kappa shape index (κ2) is 8.29. The van der Waals surface area contributed by atoms with E-state index in [0.29, 0.717) is 19.0 Å². The molecule has 1 aromatic rings. The summed E-state index contributed by atoms with van der Waals surface area (Å²) in [5.74, 6) is 1.16. The molecule has 1 aliphatic rings. The van der Waals surface area contributed by atoms with Gasteiger partial charge >= 0.3 is 5.97 Å². The molecule has 0 saturated heterocycles. The number of para-hydroxylation sites is 1. The van der Waals surface area contributed by atoms with Crippen molar-refractivity contribution in [2.75, 3.05) is 25.5 Å². The monoisotopic (exact) mass is 309 g/mol. The Hall–Kier alpha value is -1.20. The lowest BCUT2D eigenvalue weighted by molar-refractivity contribution is -0.139. The maximum absolute atomic E-state index is 11.5. The number of nitrogens with one attached hydrogen (secondary N) is 1. The lowest BCUT2D eigenvalue weighted by Gasteiger charge is -2.33. The number of rotatable bonds is 7. The molecule has 0 spiro atoms. The van der Waals surface area contributed by atoms with Gasteiger partial charge in [0, 0.05) is 5.56 Å². The highest BCUT2D eigenvalue weighted by atomic mass is 32.2. The van der Waals surface area contributed by atoms with Crippen molar-refractivity contribution < 1.29 is 14.3 Å². The molecule has 1 heterocycles. The number of hydrogen-bond donors (Lipinski definition) is 1. The molecule has 2 unspecified atom stereocenters. The fourth-order valence-corrected chi connectivity index (χ4v) is 3.43. The minimum absolute atomic E-state index is 0.157. The van der Waals surface area contributed by atoms with Gasteiger partial charge in [-0.15, -0.1) is 11.8 Å². The maximum atomic E-state index is 11.5. The predicted molar refractivity (Wildman–Crippen MR) is 85.9 cm³/mol. The van der Waals surface area contributed by atoms with E-state index in [1.165, 1.54) is 5.56 Å². The number of carbonyl (C=O) groups is 1. The van der Waals surface area contributed by atoms with Crippen LogP contribution in [-0.2, 0) is 9.53 Å². The smallest absolute Gasteiger partial charge is 0.315 e. The summed E-state index contributed by atoms with van der Waals surface area (Å²) in [7, 11) is 0. The Morgan fingerprint density at radius 2 is 2.24 bits per heavy atom. The van der Waals surface area contributed by atoms with E-state index in [-0.39, 0.29) is 17.3 Å². The van der Waals surface area contributed by atoms with E-state index in [4.69, 9.17) is 9.47 Å². The highest BCUT2D eigenvalue weighted by Gasteiger charge is 2.31. The second-order valence-corrected chi connectivity index (χ2v) is 6.16. The molecular formula is C16H23NO3S. The third-order valence-corrected chi connectivity index (χ3v) is 4.60. The van der Waals surface area contributed by atoms with Gasteiger partial charge in [0.15, 0.2) is 0 Å². The SMILES string of the molecule is CCCNC1c2ccccc2OCC1SCC(=O)OCC. The Kier molecular flexibility index (Phi) is 6.39. The molecule has 2 atom stereocenters. The van der Waals surface area contributed by atoms with E-state index in [9.17, 15) is 4.79 Å². The van der Waals surface area contributed by atoms with Crippen LogP contribution in [0.15, 0.2) is 24.3 Å². The zero-order valence-corrected chi connectivity index (χ0v) is 13.4. The van der Waals surface area contributed by atoms with E-state index < -0.39 is 0 Å². The van der Waals surface area contributed by atoms with Crippen molar-refractivity contribution in [1.29, 1.82) is 0 Å². The zero-order valence-electron chi connectivity index (χ0n) is 12.6. The van der Waals surface area contributed by atoms with Crippen LogP contribution in [0, 0.1) is 0 Å². The molecular weight excluding hydrogens is 286 g/mol. The molecule has 0 bridgehead atoms. The van der Waals surface area contributed by atoms with Crippen LogP contribution in [-0.4, -0.2) is 36.7 Å². The minimum Gasteiger partial charge on any atom is -0.492 e. The molecule has 0 amide bonds. The van der Waals surface area contributed by atoms with Crippen molar-refractivity contribution in [3.05, 3.63) is 29.8 Å². The third-order valence-electron chi connectivity index (χ3n) is 3.36. The van der Waals surface area contributed by atoms with Gasteiger partial charge in [-0.3, -0.25) is 4.79 Å². The van der Waals surface area contributed by atoms with Crippen LogP contribution in [0.1, 0.15) is 31.9 Å². The summed E-state index contributed by atoms with van der Waals surface area (Å²) in [6.07, 6.45) is 1.08. The summed E-state index contributed by atoms with van der Waals surface area (Å²) in [6, 6.07) is 8.33. The van der Waals surface area contributed by atoms with Crippen LogP contribution >= 0.6 is 11.8 Å². The molecule has 116 valence electrons. The largest absolute Gasteiger partial charge is 0.492 e. The average Bonchev–Trinajstić information content (AvgIpc) is 2.51. The number of fused-ring (bicyclic) bond motifs is 1. The molecule has 0 radical (unpaired) electrons. The number of hydrogen-bond acceptors (Lipinski definition) is 5. The third kappa shape index (κ3) is 4.38. The molecule has 1 aliphatic heterocycles. The van der Waals surface area contributed by atoms with Crippen molar-refractivity contribution in [2.24, 2.45) is 0 Å². The minimum atomic E-state index is -0.157. The highest BCUT2D eigenvalue weighted by Crippen LogP contribution is 2.37. The topological polar surface area (TPSA) is 47.6 Å². The van der Waals surface area contributed by atoms with Crippen LogP contribution in [0.3, 0.4) is 0 Å². The van der Waals surface area contributed by atoms with Gasteiger partial charge in [0.1, 0.15) is 12.4 Å². The fourth-order valence-electron chi connectivity index (χ4n) is 2.40. The van der Waals surface area contributed by atoms with Gasteiger partial charge < -0.3 is 14.8 Å². The van der Waals surface area contributed by atoms with Crippen LogP contribution < -0.4 is 10.1 Å². The first-order valence-electron chi connectivity index (χ1n) is 7.48. The summed E-state index contributed by atoms with van der Waals surface area (Å²) in [6.45, 7) is 5.98. The van der Waals surface area contributed by atoms with Gasteiger partial charge in [-0.05, 0) is 26.0 Å². The summed E-state index contributed by atoms with van der Waals surface area (Å²) < 4.78 is 10.8. The molecule has 0 aromatic heterocycles. The Morgan fingerprint density at radius 1 is 1.43 bits per heavy atom. The van der Waals surface area contributed by atoms with Gasteiger partial charge in [-0.2, -0.15) is 0 Å². The number of esters is 1. The number of thioether (sulfide) groups is 1. The van der Waals surface area contributed by atoms with Crippen LogP contribution in [0.5, 0.6) is 5.75 Å². The summed E-state index contributed by atoms with van der Waals surface area (Å²) in [4.78, 5) is 11.5. The Balaban J connectivity index is 2.04. The van der Waals surface area contributed by atoms with Crippen molar-refractivity contribution in [3.63, 3.8) is 0 Å². The standard InChI is InChI=1S/C16H23NO3S/c1-3-9-17-16-12-7-5-6-8-13(12)20-10-14(16)21-11-15(18)19-4-2/h5-8,14,16-17H,3-4,9-11H2,1-2H3. The van der Waals surface area contributed by atoms with Crippen molar-refractivity contribution in [3.8, 4) is 5.75 Å². The molecule has 1 N–H and O–H groups in total. The maximum Gasteiger partial charge on any atom is 0.315 e. The highest BCUT2D eigenvalue weighted by molar-refractivity contribution is 8.00. The predicted octanol–water partition coefficient (Wildman–Crippen LogP) is 2.78. The molecule has 5 heteroatoms. The van der Waals surface area contributed by atoms with E-state index in [1.807, 2.05) is 25.1 Å². The average molecular weight is 309 g/mol. The lowest BCUT2D eigenvalue weighted by Crippen LogP contribution is -2.38. The molecule has 21 heavy (non-hydrogen) atoms. The first kappa shape index (κ1) is 16.2. The Bertz CT molecular complexity index is 467. The molecule has 4 nitrogen and oxygen atoms in total. The normalized spacial score (nSPS) is 20.5. The first-order valence-corrected chi connectivity index (χ1v) is 8.53. The lowest BCUT2D eigenvalue weighted by atomic mass is 10.00. The van der Waals surface area contributed by atoms with Crippen LogP contribution in [0.2, 0.25) is 0 Å². The van der Waals surface area contributed by atoms with E-state index in [1.54, 1.807) is 11.8 Å². The van der Waals surface area contributed by atoms with Crippen molar-refractivity contribution in [1.82, 2.24) is 5.32 Å². The summed E-state index contributed by atoms with van der Waals surface area (Å²) in [5, 5.41) is 3.80. The number of ether oxygens (including phenoxy) is 2. The number of carbonyl (C=O) groups excluding carboxylic acids is 1. The summed E-state index contributed by atoms with van der Waals surface area (Å²) >= 11 is 1.61. The van der Waals surface area contributed by atoms with Gasteiger partial charge in [0.2, 0.25) is 0 Å². The zero-order chi connectivity index (χ0) is 15.1. The van der Waals surface area contributed by atoms with Gasteiger partial charge in [-0.1, -0.05) is 25.1 Å². The first-order chi connectivity index (χ1) is 10.3. The Morgan fingerprint density at radius 3 is 3.00 bits per heavy atom. The van der Waals surface area contributed by atoms with Crippen LogP contribution in [0.4, 0.5) is 0 Å². The van der Waals surface area contributed by atoms with E-state index >= 15 is 0 Å². The fraction of sp³-hybridized carbons (Fsp3) is 0.562.